The summed E-state index contributed by atoms with van der Waals surface area (Å²) in [4.78, 5) is 1.87. The first-order valence-corrected chi connectivity index (χ1v) is 5.44. The maximum Gasteiger partial charge on any atom is 0.188 e. The number of guanidine groups is 1. The third kappa shape index (κ3) is 2.18. The zero-order chi connectivity index (χ0) is 10.1. The molecule has 1 heterocycles. The molecule has 1 saturated carbocycles. The number of aliphatic hydroxyl groups is 1. The van der Waals surface area contributed by atoms with E-state index in [9.17, 15) is 5.11 Å². The molecule has 0 radical (unpaired) electrons. The summed E-state index contributed by atoms with van der Waals surface area (Å²) < 4.78 is 0. The van der Waals surface area contributed by atoms with Crippen LogP contribution in [0.25, 0.3) is 0 Å². The third-order valence-electron chi connectivity index (χ3n) is 3.37. The Hall–Kier alpha value is -0.770. The van der Waals surface area contributed by atoms with Crippen molar-refractivity contribution in [3.05, 3.63) is 0 Å². The van der Waals surface area contributed by atoms with Crippen molar-refractivity contribution < 1.29 is 5.11 Å². The van der Waals surface area contributed by atoms with Crippen LogP contribution in [0.1, 0.15) is 25.7 Å². The summed E-state index contributed by atoms with van der Waals surface area (Å²) in [6.07, 6.45) is 4.35. The molecule has 0 amide bonds. The second-order valence-corrected chi connectivity index (χ2v) is 4.63. The van der Waals surface area contributed by atoms with Crippen molar-refractivity contribution >= 4 is 5.96 Å². The van der Waals surface area contributed by atoms with Gasteiger partial charge in [0.15, 0.2) is 5.96 Å². The first-order chi connectivity index (χ1) is 6.66. The molecule has 4 nitrogen and oxygen atoms in total. The summed E-state index contributed by atoms with van der Waals surface area (Å²) >= 11 is 0. The highest BCUT2D eigenvalue weighted by Gasteiger charge is 2.33. The monoisotopic (exact) mass is 197 g/mol. The lowest BCUT2D eigenvalue weighted by molar-refractivity contribution is 0.0425. The predicted molar refractivity (Wildman–Crippen MR) is 54.9 cm³/mol. The van der Waals surface area contributed by atoms with Gasteiger partial charge in [0, 0.05) is 19.0 Å². The maximum atomic E-state index is 9.81. The molecular formula is C10H19N3O. The van der Waals surface area contributed by atoms with Crippen molar-refractivity contribution in [1.29, 1.82) is 5.41 Å². The summed E-state index contributed by atoms with van der Waals surface area (Å²) in [6.45, 7) is 1.50. The summed E-state index contributed by atoms with van der Waals surface area (Å²) in [5.74, 6) is 1.32. The Morgan fingerprint density at radius 1 is 1.43 bits per heavy atom. The van der Waals surface area contributed by atoms with Gasteiger partial charge >= 0.3 is 0 Å². The number of rotatable bonds is 2. The second-order valence-electron chi connectivity index (χ2n) is 4.63. The molecule has 1 aliphatic heterocycles. The highest BCUT2D eigenvalue weighted by molar-refractivity contribution is 5.74. The van der Waals surface area contributed by atoms with Gasteiger partial charge < -0.3 is 15.7 Å². The number of likely N-dealkylation sites (tertiary alicyclic amines) is 1. The fourth-order valence-corrected chi connectivity index (χ4v) is 2.25. The molecule has 1 saturated heterocycles. The predicted octanol–water partition coefficient (Wildman–Crippen LogP) is 0.363. The largest absolute Gasteiger partial charge is 0.393 e. The van der Waals surface area contributed by atoms with Crippen LogP contribution in [0.5, 0.6) is 0 Å². The van der Waals surface area contributed by atoms with E-state index in [2.05, 4.69) is 0 Å². The molecule has 4 N–H and O–H groups in total. The molecule has 2 rings (SSSR count). The Bertz CT molecular complexity index is 227. The molecular weight excluding hydrogens is 178 g/mol. The minimum absolute atomic E-state index is 0.151. The zero-order valence-electron chi connectivity index (χ0n) is 8.45. The molecule has 2 atom stereocenters. The van der Waals surface area contributed by atoms with Gasteiger partial charge in [0.2, 0.25) is 0 Å². The van der Waals surface area contributed by atoms with Crippen molar-refractivity contribution in [2.75, 3.05) is 13.1 Å². The molecule has 0 spiro atoms. The van der Waals surface area contributed by atoms with E-state index in [4.69, 9.17) is 11.1 Å². The van der Waals surface area contributed by atoms with Gasteiger partial charge in [-0.15, -0.1) is 0 Å². The van der Waals surface area contributed by atoms with E-state index in [-0.39, 0.29) is 12.1 Å². The van der Waals surface area contributed by atoms with Crippen LogP contribution in [0.3, 0.4) is 0 Å². The standard InChI is InChI=1S/C10H19N3O/c11-10(12)13-4-3-9(14)8(6-13)5-7-1-2-7/h7-9,14H,1-6H2,(H3,11,12)/t8-,9-/m1/s1. The highest BCUT2D eigenvalue weighted by atomic mass is 16.3. The van der Waals surface area contributed by atoms with Crippen LogP contribution in [0.15, 0.2) is 0 Å². The van der Waals surface area contributed by atoms with E-state index in [1.165, 1.54) is 12.8 Å². The molecule has 80 valence electrons. The van der Waals surface area contributed by atoms with Gasteiger partial charge in [0.25, 0.3) is 0 Å². The molecule has 0 aromatic heterocycles. The van der Waals surface area contributed by atoms with E-state index in [1.807, 2.05) is 4.90 Å². The van der Waals surface area contributed by atoms with Crippen molar-refractivity contribution in [1.82, 2.24) is 4.90 Å². The lowest BCUT2D eigenvalue weighted by Gasteiger charge is -2.36. The molecule has 0 unspecified atom stereocenters. The van der Waals surface area contributed by atoms with Crippen LogP contribution in [0, 0.1) is 17.2 Å². The third-order valence-corrected chi connectivity index (χ3v) is 3.37. The van der Waals surface area contributed by atoms with Gasteiger partial charge in [-0.25, -0.2) is 0 Å². The number of aliphatic hydroxyl groups excluding tert-OH is 1. The molecule has 1 aliphatic carbocycles. The summed E-state index contributed by atoms with van der Waals surface area (Å²) in [7, 11) is 0. The Balaban J connectivity index is 1.88. The molecule has 2 aliphatic rings. The van der Waals surface area contributed by atoms with Crippen molar-refractivity contribution in [2.24, 2.45) is 17.6 Å². The van der Waals surface area contributed by atoms with E-state index < -0.39 is 0 Å². The van der Waals surface area contributed by atoms with Crippen LogP contribution in [-0.4, -0.2) is 35.2 Å². The summed E-state index contributed by atoms with van der Waals surface area (Å²) in [6, 6.07) is 0. The van der Waals surface area contributed by atoms with E-state index in [0.717, 1.165) is 31.8 Å². The molecule has 0 aromatic carbocycles. The summed E-state index contributed by atoms with van der Waals surface area (Å²) in [5, 5.41) is 17.2. The maximum absolute atomic E-state index is 9.81. The number of nitrogens with zero attached hydrogens (tertiary/aromatic N) is 1. The van der Waals surface area contributed by atoms with Crippen LogP contribution >= 0.6 is 0 Å². The smallest absolute Gasteiger partial charge is 0.188 e. The fourth-order valence-electron chi connectivity index (χ4n) is 2.25. The van der Waals surface area contributed by atoms with Gasteiger partial charge in [-0.3, -0.25) is 5.41 Å². The highest BCUT2D eigenvalue weighted by Crippen LogP contribution is 2.37. The van der Waals surface area contributed by atoms with Crippen molar-refractivity contribution in [3.63, 3.8) is 0 Å². The zero-order valence-corrected chi connectivity index (χ0v) is 8.45. The van der Waals surface area contributed by atoms with Crippen molar-refractivity contribution in [3.8, 4) is 0 Å². The Morgan fingerprint density at radius 3 is 2.71 bits per heavy atom. The lowest BCUT2D eigenvalue weighted by atomic mass is 9.90. The Kier molecular flexibility index (Phi) is 2.63. The van der Waals surface area contributed by atoms with Crippen LogP contribution in [0.4, 0.5) is 0 Å². The SMILES string of the molecule is N=C(N)N1CC[C@@H](O)[C@H](CC2CC2)C1. The number of piperidine rings is 1. The van der Waals surface area contributed by atoms with Gasteiger partial charge in [-0.1, -0.05) is 12.8 Å². The topological polar surface area (TPSA) is 73.3 Å². The van der Waals surface area contributed by atoms with Gasteiger partial charge in [-0.05, 0) is 18.8 Å². The van der Waals surface area contributed by atoms with E-state index in [1.54, 1.807) is 0 Å². The average Bonchev–Trinajstić information content (AvgIpc) is 2.92. The normalized spacial score (nSPS) is 33.1. The molecule has 0 bridgehead atoms. The van der Waals surface area contributed by atoms with Crippen LogP contribution < -0.4 is 5.73 Å². The van der Waals surface area contributed by atoms with Crippen LogP contribution in [0.2, 0.25) is 0 Å². The second kappa shape index (κ2) is 3.77. The molecule has 2 fully saturated rings. The Morgan fingerprint density at radius 2 is 2.14 bits per heavy atom. The van der Waals surface area contributed by atoms with Gasteiger partial charge in [0.05, 0.1) is 6.10 Å². The quantitative estimate of drug-likeness (QED) is 0.442. The van der Waals surface area contributed by atoms with Crippen LogP contribution in [-0.2, 0) is 0 Å². The minimum Gasteiger partial charge on any atom is -0.393 e. The minimum atomic E-state index is -0.175. The average molecular weight is 197 g/mol. The van der Waals surface area contributed by atoms with Crippen molar-refractivity contribution in [2.45, 2.75) is 31.8 Å². The number of hydrogen-bond donors (Lipinski definition) is 3. The Labute approximate surface area is 84.6 Å². The fraction of sp³-hybridized carbons (Fsp3) is 0.900. The molecule has 0 aromatic rings. The number of nitrogens with two attached hydrogens (primary N) is 1. The first-order valence-electron chi connectivity index (χ1n) is 5.44. The number of hydrogen-bond acceptors (Lipinski definition) is 2. The first kappa shape index (κ1) is 9.77. The molecule has 14 heavy (non-hydrogen) atoms. The van der Waals surface area contributed by atoms with Gasteiger partial charge in [-0.2, -0.15) is 0 Å². The molecule has 4 heteroatoms. The van der Waals surface area contributed by atoms with E-state index >= 15 is 0 Å². The summed E-state index contributed by atoms with van der Waals surface area (Å²) in [5.41, 5.74) is 5.45. The number of nitrogens with one attached hydrogen (secondary N) is 1. The van der Waals surface area contributed by atoms with Gasteiger partial charge in [0.1, 0.15) is 0 Å². The van der Waals surface area contributed by atoms with E-state index in [0.29, 0.717) is 5.92 Å². The lowest BCUT2D eigenvalue weighted by Crippen LogP contribution is -2.48.